The average molecular weight is 792 g/mol. The van der Waals surface area contributed by atoms with Gasteiger partial charge in [-0.1, -0.05) is 194 Å². The molecular formula is C58H37N3O. The Kier molecular flexibility index (Phi) is 8.36. The standard InChI is InChI=1S/C58H37N3O/c1-4-16-38(17-5-1)41-20-14-21-42(36-41)46-26-15-29-53-54(46)49-37-43(32-35-52(49)62-53)57-60-55(39-18-6-2-7-19-39)59-56(61-57)40-30-33-45(34-31-40)58(44-22-8-3-9-23-44)50-27-12-10-24-47(50)48-25-11-13-28-51(48)58/h1-37H. The number of hydrogen-bond donors (Lipinski definition) is 0. The van der Waals surface area contributed by atoms with Gasteiger partial charge in [0, 0.05) is 27.5 Å². The second-order valence-electron chi connectivity index (χ2n) is 15.9. The molecule has 0 spiro atoms. The van der Waals surface area contributed by atoms with Gasteiger partial charge in [0.05, 0.1) is 5.41 Å². The second-order valence-corrected chi connectivity index (χ2v) is 15.9. The molecule has 11 aromatic rings. The Balaban J connectivity index is 1.00. The topological polar surface area (TPSA) is 51.8 Å². The van der Waals surface area contributed by atoms with Gasteiger partial charge in [-0.25, -0.2) is 15.0 Å². The van der Waals surface area contributed by atoms with Crippen molar-refractivity contribution in [2.75, 3.05) is 0 Å². The molecule has 1 aliphatic rings. The van der Waals surface area contributed by atoms with Crippen molar-refractivity contribution in [2.45, 2.75) is 5.41 Å². The van der Waals surface area contributed by atoms with Gasteiger partial charge in [-0.2, -0.15) is 0 Å². The summed E-state index contributed by atoms with van der Waals surface area (Å²) in [6.45, 7) is 0. The van der Waals surface area contributed by atoms with Gasteiger partial charge < -0.3 is 4.42 Å². The summed E-state index contributed by atoms with van der Waals surface area (Å²) in [5.41, 5.74) is 16.0. The molecule has 0 amide bonds. The molecule has 1 aliphatic carbocycles. The van der Waals surface area contributed by atoms with Crippen LogP contribution >= 0.6 is 0 Å². The third kappa shape index (κ3) is 5.72. The van der Waals surface area contributed by atoms with Crippen LogP contribution in [0.4, 0.5) is 0 Å². The Morgan fingerprint density at radius 1 is 0.306 bits per heavy atom. The van der Waals surface area contributed by atoms with Crippen molar-refractivity contribution >= 4 is 21.9 Å². The van der Waals surface area contributed by atoms with E-state index in [2.05, 4.69) is 176 Å². The lowest BCUT2D eigenvalue weighted by Crippen LogP contribution is -2.28. The van der Waals surface area contributed by atoms with E-state index in [1.807, 2.05) is 48.5 Å². The highest BCUT2D eigenvalue weighted by molar-refractivity contribution is 6.13. The number of nitrogens with zero attached hydrogens (tertiary/aromatic N) is 3. The lowest BCUT2D eigenvalue weighted by atomic mass is 9.67. The van der Waals surface area contributed by atoms with Gasteiger partial charge in [0.1, 0.15) is 11.2 Å². The lowest BCUT2D eigenvalue weighted by molar-refractivity contribution is 0.669. The van der Waals surface area contributed by atoms with Crippen LogP contribution in [0.15, 0.2) is 229 Å². The summed E-state index contributed by atoms with van der Waals surface area (Å²) in [5.74, 6) is 1.82. The van der Waals surface area contributed by atoms with E-state index in [1.165, 1.54) is 44.5 Å². The maximum absolute atomic E-state index is 6.49. The van der Waals surface area contributed by atoms with Crippen molar-refractivity contribution in [1.82, 2.24) is 15.0 Å². The number of aromatic nitrogens is 3. The van der Waals surface area contributed by atoms with Crippen molar-refractivity contribution in [2.24, 2.45) is 0 Å². The van der Waals surface area contributed by atoms with Gasteiger partial charge >= 0.3 is 0 Å². The van der Waals surface area contributed by atoms with Gasteiger partial charge in [-0.05, 0) is 86.0 Å². The summed E-state index contributed by atoms with van der Waals surface area (Å²) in [5, 5.41) is 2.07. The average Bonchev–Trinajstić information content (AvgIpc) is 3.88. The Bertz CT molecular complexity index is 3400. The summed E-state index contributed by atoms with van der Waals surface area (Å²) in [6, 6.07) is 79.3. The second kappa shape index (κ2) is 14.5. The summed E-state index contributed by atoms with van der Waals surface area (Å²) < 4.78 is 6.49. The monoisotopic (exact) mass is 791 g/mol. The maximum atomic E-state index is 6.49. The predicted octanol–water partition coefficient (Wildman–Crippen LogP) is 14.5. The van der Waals surface area contributed by atoms with Crippen molar-refractivity contribution in [1.29, 1.82) is 0 Å². The third-order valence-electron chi connectivity index (χ3n) is 12.4. The van der Waals surface area contributed by atoms with E-state index in [0.29, 0.717) is 17.5 Å². The highest BCUT2D eigenvalue weighted by Gasteiger charge is 2.45. The molecule has 2 heterocycles. The van der Waals surface area contributed by atoms with E-state index in [4.69, 9.17) is 19.4 Å². The molecule has 12 rings (SSSR count). The molecule has 0 atom stereocenters. The molecule has 62 heavy (non-hydrogen) atoms. The van der Waals surface area contributed by atoms with Crippen LogP contribution in [0.2, 0.25) is 0 Å². The fourth-order valence-corrected chi connectivity index (χ4v) is 9.64. The molecule has 4 heteroatoms. The minimum Gasteiger partial charge on any atom is -0.456 e. The first-order valence-corrected chi connectivity index (χ1v) is 21.0. The van der Waals surface area contributed by atoms with Crippen molar-refractivity contribution in [3.05, 3.63) is 247 Å². The molecule has 0 bridgehead atoms. The Labute approximate surface area is 359 Å². The van der Waals surface area contributed by atoms with Crippen LogP contribution < -0.4 is 0 Å². The molecule has 0 radical (unpaired) electrons. The van der Waals surface area contributed by atoms with E-state index >= 15 is 0 Å². The molecule has 0 aliphatic heterocycles. The Hall–Kier alpha value is -8.21. The molecule has 4 nitrogen and oxygen atoms in total. The summed E-state index contributed by atoms with van der Waals surface area (Å²) in [7, 11) is 0. The van der Waals surface area contributed by atoms with E-state index in [1.54, 1.807) is 0 Å². The van der Waals surface area contributed by atoms with Crippen LogP contribution in [0.3, 0.4) is 0 Å². The molecule has 0 saturated carbocycles. The zero-order valence-electron chi connectivity index (χ0n) is 33.6. The lowest BCUT2D eigenvalue weighted by Gasteiger charge is -2.34. The van der Waals surface area contributed by atoms with Crippen LogP contribution in [0.5, 0.6) is 0 Å². The largest absolute Gasteiger partial charge is 0.456 e. The third-order valence-corrected chi connectivity index (χ3v) is 12.4. The number of hydrogen-bond acceptors (Lipinski definition) is 4. The van der Waals surface area contributed by atoms with E-state index < -0.39 is 5.41 Å². The number of fused-ring (bicyclic) bond motifs is 6. The quantitative estimate of drug-likeness (QED) is 0.161. The van der Waals surface area contributed by atoms with Gasteiger partial charge in [0.25, 0.3) is 0 Å². The Morgan fingerprint density at radius 3 is 1.47 bits per heavy atom. The minimum absolute atomic E-state index is 0.489. The van der Waals surface area contributed by atoms with Gasteiger partial charge in [0.15, 0.2) is 17.5 Å². The minimum atomic E-state index is -0.489. The molecular weight excluding hydrogens is 755 g/mol. The molecule has 0 N–H and O–H groups in total. The number of benzene rings is 9. The molecule has 9 aromatic carbocycles. The van der Waals surface area contributed by atoms with Crippen molar-refractivity contribution in [3.63, 3.8) is 0 Å². The van der Waals surface area contributed by atoms with Crippen molar-refractivity contribution in [3.8, 4) is 67.5 Å². The molecule has 290 valence electrons. The van der Waals surface area contributed by atoms with Crippen LogP contribution in [0.1, 0.15) is 22.3 Å². The van der Waals surface area contributed by atoms with E-state index in [-0.39, 0.29) is 0 Å². The fraction of sp³-hybridized carbons (Fsp3) is 0.0172. The molecule has 0 saturated heterocycles. The molecule has 2 aromatic heterocycles. The van der Waals surface area contributed by atoms with Crippen LogP contribution in [0.25, 0.3) is 89.5 Å². The SMILES string of the molecule is c1ccc(-c2cccc(-c3cccc4oc5ccc(-c6nc(-c7ccccc7)nc(-c7ccc(C8(c9ccccc9)c9ccccc9-c9ccccc98)cc7)n6)cc5c34)c2)cc1. The first-order valence-electron chi connectivity index (χ1n) is 21.0. The first-order chi connectivity index (χ1) is 30.7. The zero-order valence-corrected chi connectivity index (χ0v) is 33.6. The molecule has 0 fully saturated rings. The molecule has 0 unspecified atom stereocenters. The van der Waals surface area contributed by atoms with E-state index in [9.17, 15) is 0 Å². The van der Waals surface area contributed by atoms with E-state index in [0.717, 1.165) is 49.8 Å². The van der Waals surface area contributed by atoms with Gasteiger partial charge in [-0.3, -0.25) is 0 Å². The van der Waals surface area contributed by atoms with Crippen LogP contribution in [0, 0.1) is 0 Å². The maximum Gasteiger partial charge on any atom is 0.164 e. The number of furan rings is 1. The smallest absolute Gasteiger partial charge is 0.164 e. The number of rotatable bonds is 7. The van der Waals surface area contributed by atoms with Gasteiger partial charge in [0.2, 0.25) is 0 Å². The predicted molar refractivity (Wildman–Crippen MR) is 252 cm³/mol. The summed E-state index contributed by atoms with van der Waals surface area (Å²) >= 11 is 0. The van der Waals surface area contributed by atoms with Crippen molar-refractivity contribution < 1.29 is 4.42 Å². The fourth-order valence-electron chi connectivity index (χ4n) is 9.64. The highest BCUT2D eigenvalue weighted by Crippen LogP contribution is 2.56. The van der Waals surface area contributed by atoms with Crippen LogP contribution in [-0.4, -0.2) is 15.0 Å². The normalized spacial score (nSPS) is 12.6. The first kappa shape index (κ1) is 35.7. The highest BCUT2D eigenvalue weighted by atomic mass is 16.3. The zero-order chi connectivity index (χ0) is 41.0. The van der Waals surface area contributed by atoms with Gasteiger partial charge in [-0.15, -0.1) is 0 Å². The Morgan fingerprint density at radius 2 is 0.790 bits per heavy atom. The summed E-state index contributed by atoms with van der Waals surface area (Å²) in [4.78, 5) is 15.5. The van der Waals surface area contributed by atoms with Crippen LogP contribution in [-0.2, 0) is 5.41 Å². The summed E-state index contributed by atoms with van der Waals surface area (Å²) in [6.07, 6.45) is 0.